The first-order valence-electron chi connectivity index (χ1n) is 7.46. The van der Waals surface area contributed by atoms with Crippen LogP contribution in [0.4, 0.5) is 0 Å². The Kier molecular flexibility index (Phi) is 4.78. The van der Waals surface area contributed by atoms with Gasteiger partial charge in [-0.05, 0) is 24.6 Å². The van der Waals surface area contributed by atoms with Gasteiger partial charge in [0, 0.05) is 19.8 Å². The Morgan fingerprint density at radius 1 is 1.29 bits per heavy atom. The number of aryl methyl sites for hydroxylation is 2. The molecule has 1 N–H and O–H groups in total. The standard InChI is InChI=1S/C14H18N6O2S2/c1-3-8-20-10-15-18-13(20)9-17-24(21,22)14-5-4-12(23-14)11-6-7-16-19(11)2/h4-7,10,17H,3,8-9H2,1-2H3. The van der Waals surface area contributed by atoms with Crippen molar-refractivity contribution in [1.29, 1.82) is 0 Å². The van der Waals surface area contributed by atoms with Gasteiger partial charge in [0.15, 0.2) is 0 Å². The third kappa shape index (κ3) is 3.40. The van der Waals surface area contributed by atoms with Crippen LogP contribution in [0.2, 0.25) is 0 Å². The summed E-state index contributed by atoms with van der Waals surface area (Å²) in [5.74, 6) is 0.601. The fraction of sp³-hybridized carbons (Fsp3) is 0.357. The summed E-state index contributed by atoms with van der Waals surface area (Å²) in [5.41, 5.74) is 0.879. The normalized spacial score (nSPS) is 11.9. The van der Waals surface area contributed by atoms with Crippen LogP contribution in [0, 0.1) is 0 Å². The van der Waals surface area contributed by atoms with E-state index in [9.17, 15) is 8.42 Å². The van der Waals surface area contributed by atoms with Gasteiger partial charge in [-0.3, -0.25) is 4.68 Å². The van der Waals surface area contributed by atoms with E-state index in [-0.39, 0.29) is 10.8 Å². The topological polar surface area (TPSA) is 94.7 Å². The largest absolute Gasteiger partial charge is 0.316 e. The van der Waals surface area contributed by atoms with Crippen molar-refractivity contribution < 1.29 is 8.42 Å². The summed E-state index contributed by atoms with van der Waals surface area (Å²) in [4.78, 5) is 0.851. The first kappa shape index (κ1) is 16.8. The van der Waals surface area contributed by atoms with Gasteiger partial charge in [-0.15, -0.1) is 21.5 Å². The molecule has 3 rings (SSSR count). The number of sulfonamides is 1. The van der Waals surface area contributed by atoms with Crippen LogP contribution < -0.4 is 4.72 Å². The summed E-state index contributed by atoms with van der Waals surface area (Å²) in [6.07, 6.45) is 4.22. The molecule has 0 saturated heterocycles. The number of rotatable bonds is 7. The molecule has 24 heavy (non-hydrogen) atoms. The van der Waals surface area contributed by atoms with Crippen molar-refractivity contribution in [3.8, 4) is 10.6 Å². The lowest BCUT2D eigenvalue weighted by molar-refractivity contribution is 0.573. The molecule has 0 aliphatic carbocycles. The minimum Gasteiger partial charge on any atom is -0.316 e. The van der Waals surface area contributed by atoms with Gasteiger partial charge >= 0.3 is 0 Å². The lowest BCUT2D eigenvalue weighted by Gasteiger charge is -2.06. The monoisotopic (exact) mass is 366 g/mol. The zero-order valence-corrected chi connectivity index (χ0v) is 15.0. The van der Waals surface area contributed by atoms with Gasteiger partial charge in [-0.1, -0.05) is 6.92 Å². The molecule has 128 valence electrons. The molecule has 0 aliphatic heterocycles. The summed E-state index contributed by atoms with van der Waals surface area (Å²) >= 11 is 1.21. The molecule has 0 fully saturated rings. The van der Waals surface area contributed by atoms with E-state index in [1.165, 1.54) is 11.3 Å². The van der Waals surface area contributed by atoms with Crippen molar-refractivity contribution in [2.45, 2.75) is 30.6 Å². The number of aromatic nitrogens is 5. The van der Waals surface area contributed by atoms with E-state index in [0.717, 1.165) is 23.5 Å². The van der Waals surface area contributed by atoms with Crippen LogP contribution in [-0.4, -0.2) is 33.0 Å². The molecule has 0 aromatic carbocycles. The van der Waals surface area contributed by atoms with E-state index in [1.807, 2.05) is 24.6 Å². The minimum absolute atomic E-state index is 0.112. The summed E-state index contributed by atoms with van der Waals surface area (Å²) in [5, 5.41) is 11.9. The zero-order valence-electron chi connectivity index (χ0n) is 13.4. The van der Waals surface area contributed by atoms with Crippen molar-refractivity contribution in [3.63, 3.8) is 0 Å². The number of nitrogens with zero attached hydrogens (tertiary/aromatic N) is 5. The third-order valence-electron chi connectivity index (χ3n) is 3.50. The van der Waals surface area contributed by atoms with Crippen molar-refractivity contribution in [1.82, 2.24) is 29.3 Å². The molecule has 10 heteroatoms. The van der Waals surface area contributed by atoms with Crippen molar-refractivity contribution in [2.24, 2.45) is 7.05 Å². The van der Waals surface area contributed by atoms with Crippen LogP contribution in [0.15, 0.2) is 34.9 Å². The molecular formula is C14H18N6O2S2. The number of hydrogen-bond donors (Lipinski definition) is 1. The maximum absolute atomic E-state index is 12.5. The Morgan fingerprint density at radius 2 is 2.12 bits per heavy atom. The molecule has 0 saturated carbocycles. The van der Waals surface area contributed by atoms with Gasteiger partial charge in [0.1, 0.15) is 16.4 Å². The van der Waals surface area contributed by atoms with Gasteiger partial charge in [-0.2, -0.15) is 5.10 Å². The SMILES string of the molecule is CCCn1cnnc1CNS(=O)(=O)c1ccc(-c2ccnn2C)s1. The molecule has 0 bridgehead atoms. The molecular weight excluding hydrogens is 348 g/mol. The summed E-state index contributed by atoms with van der Waals surface area (Å²) in [6.45, 7) is 2.91. The minimum atomic E-state index is -3.59. The van der Waals surface area contributed by atoms with Gasteiger partial charge in [0.05, 0.1) is 17.1 Å². The fourth-order valence-corrected chi connectivity index (χ4v) is 4.68. The van der Waals surface area contributed by atoms with Crippen molar-refractivity contribution in [2.75, 3.05) is 0 Å². The lowest BCUT2D eigenvalue weighted by Crippen LogP contribution is -2.24. The zero-order chi connectivity index (χ0) is 17.2. The second-order valence-electron chi connectivity index (χ2n) is 5.22. The molecule has 0 unspecified atom stereocenters. The highest BCUT2D eigenvalue weighted by molar-refractivity contribution is 7.91. The summed E-state index contributed by atoms with van der Waals surface area (Å²) in [7, 11) is -1.77. The van der Waals surface area contributed by atoms with Crippen LogP contribution in [0.1, 0.15) is 19.2 Å². The highest BCUT2D eigenvalue weighted by Gasteiger charge is 2.19. The Balaban J connectivity index is 1.75. The summed E-state index contributed by atoms with van der Waals surface area (Å²) in [6, 6.07) is 5.24. The Labute approximate surface area is 144 Å². The van der Waals surface area contributed by atoms with E-state index < -0.39 is 10.0 Å². The average Bonchev–Trinajstić information content (AvgIpc) is 3.26. The maximum Gasteiger partial charge on any atom is 0.250 e. The molecule has 0 radical (unpaired) electrons. The smallest absolute Gasteiger partial charge is 0.250 e. The van der Waals surface area contributed by atoms with Gasteiger partial charge in [0.25, 0.3) is 0 Å². The first-order chi connectivity index (χ1) is 11.5. The second-order valence-corrected chi connectivity index (χ2v) is 8.30. The van der Waals surface area contributed by atoms with Gasteiger partial charge in [0.2, 0.25) is 10.0 Å². The van der Waals surface area contributed by atoms with E-state index in [4.69, 9.17) is 0 Å². The van der Waals surface area contributed by atoms with E-state index in [2.05, 4.69) is 20.0 Å². The van der Waals surface area contributed by atoms with Crippen molar-refractivity contribution >= 4 is 21.4 Å². The van der Waals surface area contributed by atoms with E-state index in [0.29, 0.717) is 5.82 Å². The fourth-order valence-electron chi connectivity index (χ4n) is 2.29. The Bertz CT molecular complexity index is 925. The first-order valence-corrected chi connectivity index (χ1v) is 9.76. The molecule has 0 amide bonds. The highest BCUT2D eigenvalue weighted by Crippen LogP contribution is 2.30. The molecule has 3 heterocycles. The van der Waals surface area contributed by atoms with Crippen LogP contribution in [-0.2, 0) is 30.2 Å². The molecule has 0 spiro atoms. The summed E-state index contributed by atoms with van der Waals surface area (Å²) < 4.78 is 31.4. The maximum atomic E-state index is 12.5. The van der Waals surface area contributed by atoms with Crippen molar-refractivity contribution in [3.05, 3.63) is 36.5 Å². The van der Waals surface area contributed by atoms with Crippen LogP contribution in [0.25, 0.3) is 10.6 Å². The number of nitrogens with one attached hydrogen (secondary N) is 1. The lowest BCUT2D eigenvalue weighted by atomic mass is 10.3. The molecule has 3 aromatic heterocycles. The number of hydrogen-bond acceptors (Lipinski definition) is 6. The van der Waals surface area contributed by atoms with E-state index in [1.54, 1.807) is 29.3 Å². The molecule has 8 nitrogen and oxygen atoms in total. The van der Waals surface area contributed by atoms with Crippen LogP contribution in [0.3, 0.4) is 0 Å². The van der Waals surface area contributed by atoms with Crippen LogP contribution in [0.5, 0.6) is 0 Å². The third-order valence-corrected chi connectivity index (χ3v) is 6.50. The second kappa shape index (κ2) is 6.83. The Morgan fingerprint density at radius 3 is 2.83 bits per heavy atom. The molecule has 0 atom stereocenters. The Hall–Kier alpha value is -2.04. The predicted molar refractivity (Wildman–Crippen MR) is 90.9 cm³/mol. The average molecular weight is 366 g/mol. The van der Waals surface area contributed by atoms with E-state index >= 15 is 0 Å². The van der Waals surface area contributed by atoms with Gasteiger partial charge in [-0.25, -0.2) is 13.1 Å². The molecule has 0 aliphatic rings. The van der Waals surface area contributed by atoms with Gasteiger partial charge < -0.3 is 4.57 Å². The quantitative estimate of drug-likeness (QED) is 0.686. The van der Waals surface area contributed by atoms with Crippen LogP contribution >= 0.6 is 11.3 Å². The highest BCUT2D eigenvalue weighted by atomic mass is 32.2. The number of thiophene rings is 1. The molecule has 3 aromatic rings. The predicted octanol–water partition coefficient (Wildman–Crippen LogP) is 1.63.